The lowest BCUT2D eigenvalue weighted by atomic mass is 9.82. The van der Waals surface area contributed by atoms with E-state index in [0.29, 0.717) is 24.1 Å². The molecule has 2 fully saturated rings. The van der Waals surface area contributed by atoms with Crippen molar-refractivity contribution in [3.8, 4) is 0 Å². The summed E-state index contributed by atoms with van der Waals surface area (Å²) in [5.41, 5.74) is -2.70. The van der Waals surface area contributed by atoms with E-state index in [1.165, 1.54) is 43.0 Å². The third kappa shape index (κ3) is 5.79. The Hall–Kier alpha value is -3.15. The number of benzene rings is 2. The summed E-state index contributed by atoms with van der Waals surface area (Å²) in [5, 5.41) is 2.83. The first-order chi connectivity index (χ1) is 17.6. The maximum absolute atomic E-state index is 13.7. The molecule has 1 unspecified atom stereocenters. The van der Waals surface area contributed by atoms with Crippen molar-refractivity contribution in [1.82, 2.24) is 10.2 Å². The predicted octanol–water partition coefficient (Wildman–Crippen LogP) is 5.60. The van der Waals surface area contributed by atoms with E-state index in [0.717, 1.165) is 0 Å². The van der Waals surface area contributed by atoms with Crippen LogP contribution in [0.4, 0.5) is 30.7 Å². The summed E-state index contributed by atoms with van der Waals surface area (Å²) in [4.78, 5) is 26.2. The molecule has 0 bridgehead atoms. The van der Waals surface area contributed by atoms with Crippen molar-refractivity contribution in [3.05, 3.63) is 70.5 Å². The largest absolute Gasteiger partial charge is 0.416 e. The Bertz CT molecular complexity index is 1160. The molecule has 38 heavy (non-hydrogen) atoms. The molecule has 2 aromatic carbocycles. The van der Waals surface area contributed by atoms with E-state index in [1.807, 2.05) is 0 Å². The van der Waals surface area contributed by atoms with Crippen LogP contribution < -0.4 is 5.32 Å². The van der Waals surface area contributed by atoms with Crippen molar-refractivity contribution in [3.63, 3.8) is 0 Å². The van der Waals surface area contributed by atoms with Crippen LogP contribution in [0.5, 0.6) is 0 Å². The van der Waals surface area contributed by atoms with E-state index in [-0.39, 0.29) is 36.4 Å². The molecule has 2 amide bonds. The number of rotatable bonds is 5. The zero-order valence-electron chi connectivity index (χ0n) is 20.4. The third-order valence-electron chi connectivity index (χ3n) is 7.01. The highest BCUT2D eigenvalue weighted by molar-refractivity contribution is 5.79. The molecule has 1 N–H and O–H groups in total. The molecular formula is C26H25F7N2O3. The maximum Gasteiger partial charge on any atom is 0.416 e. The number of halogens is 7. The van der Waals surface area contributed by atoms with E-state index < -0.39 is 59.5 Å². The van der Waals surface area contributed by atoms with Crippen LogP contribution in [0.2, 0.25) is 0 Å². The van der Waals surface area contributed by atoms with E-state index in [9.17, 15) is 40.3 Å². The second kappa shape index (κ2) is 10.2. The van der Waals surface area contributed by atoms with Crippen LogP contribution in [0, 0.1) is 5.82 Å². The van der Waals surface area contributed by atoms with Crippen molar-refractivity contribution in [2.45, 2.75) is 69.3 Å². The topological polar surface area (TPSA) is 58.6 Å². The number of piperidine rings is 1. The van der Waals surface area contributed by atoms with E-state index in [2.05, 4.69) is 5.32 Å². The molecule has 2 saturated heterocycles. The van der Waals surface area contributed by atoms with E-state index in [1.54, 1.807) is 0 Å². The third-order valence-corrected chi connectivity index (χ3v) is 7.01. The first-order valence-electron chi connectivity index (χ1n) is 11.9. The molecule has 0 spiro atoms. The van der Waals surface area contributed by atoms with Gasteiger partial charge in [-0.25, -0.2) is 4.39 Å². The molecule has 5 atom stereocenters. The molecule has 2 aliphatic rings. The van der Waals surface area contributed by atoms with Crippen molar-refractivity contribution < 1.29 is 45.1 Å². The quantitative estimate of drug-likeness (QED) is 0.497. The second-order valence-electron chi connectivity index (χ2n) is 9.62. The monoisotopic (exact) mass is 546 g/mol. The lowest BCUT2D eigenvalue weighted by molar-refractivity contribution is -0.143. The van der Waals surface area contributed by atoms with Crippen LogP contribution in [0.15, 0.2) is 42.5 Å². The number of fused-ring (bicyclic) bond motifs is 1. The van der Waals surface area contributed by atoms with Crippen LogP contribution in [-0.4, -0.2) is 41.4 Å². The fourth-order valence-corrected chi connectivity index (χ4v) is 5.37. The Morgan fingerprint density at radius 1 is 1.03 bits per heavy atom. The number of amides is 2. The Morgan fingerprint density at radius 2 is 1.61 bits per heavy atom. The van der Waals surface area contributed by atoms with Gasteiger partial charge in [0.15, 0.2) is 0 Å². The molecule has 5 nitrogen and oxygen atoms in total. The smallest absolute Gasteiger partial charge is 0.368 e. The summed E-state index contributed by atoms with van der Waals surface area (Å²) in [6.07, 6.45) is -11.6. The molecule has 12 heteroatoms. The number of carbonyl (C=O) groups is 2. The minimum atomic E-state index is -5.02. The lowest BCUT2D eigenvalue weighted by Crippen LogP contribution is -2.55. The highest BCUT2D eigenvalue weighted by Gasteiger charge is 2.51. The van der Waals surface area contributed by atoms with Crippen molar-refractivity contribution in [1.29, 1.82) is 0 Å². The van der Waals surface area contributed by atoms with E-state index in [4.69, 9.17) is 4.74 Å². The number of ether oxygens (including phenoxy) is 1. The Kier molecular flexibility index (Phi) is 7.48. The van der Waals surface area contributed by atoms with Gasteiger partial charge < -0.3 is 15.0 Å². The van der Waals surface area contributed by atoms with Gasteiger partial charge >= 0.3 is 12.4 Å². The number of hydrogen-bond acceptors (Lipinski definition) is 3. The fraction of sp³-hybridized carbons (Fsp3) is 0.462. The molecule has 2 aromatic rings. The summed E-state index contributed by atoms with van der Waals surface area (Å²) < 4.78 is 100. The Morgan fingerprint density at radius 3 is 2.13 bits per heavy atom. The van der Waals surface area contributed by atoms with Crippen LogP contribution in [0.1, 0.15) is 61.0 Å². The van der Waals surface area contributed by atoms with Gasteiger partial charge in [-0.2, -0.15) is 26.3 Å². The van der Waals surface area contributed by atoms with Crippen LogP contribution in [0.25, 0.3) is 0 Å². The highest BCUT2D eigenvalue weighted by Crippen LogP contribution is 2.44. The minimum Gasteiger partial charge on any atom is -0.368 e. The molecule has 2 heterocycles. The van der Waals surface area contributed by atoms with Gasteiger partial charge in [0.2, 0.25) is 11.8 Å². The number of hydrogen-bond donors (Lipinski definition) is 1. The highest BCUT2D eigenvalue weighted by atomic mass is 19.4. The number of nitrogens with one attached hydrogen (secondary N) is 1. The van der Waals surface area contributed by atoms with E-state index >= 15 is 0 Å². The van der Waals surface area contributed by atoms with Gasteiger partial charge in [-0.15, -0.1) is 0 Å². The van der Waals surface area contributed by atoms with Gasteiger partial charge in [-0.1, -0.05) is 12.1 Å². The summed E-state index contributed by atoms with van der Waals surface area (Å²) in [5.74, 6) is -1.70. The average molecular weight is 546 g/mol. The van der Waals surface area contributed by atoms with Gasteiger partial charge in [-0.3, -0.25) is 9.59 Å². The van der Waals surface area contributed by atoms with Crippen LogP contribution in [-0.2, 0) is 26.7 Å². The normalized spacial score (nSPS) is 24.8. The molecule has 0 saturated carbocycles. The number of alkyl halides is 6. The first-order valence-corrected chi connectivity index (χ1v) is 11.9. The number of carbonyl (C=O) groups excluding carboxylic acids is 2. The molecule has 0 aromatic heterocycles. The van der Waals surface area contributed by atoms with Gasteiger partial charge in [0, 0.05) is 25.8 Å². The summed E-state index contributed by atoms with van der Waals surface area (Å²) in [7, 11) is 0. The van der Waals surface area contributed by atoms with Crippen LogP contribution in [0.3, 0.4) is 0 Å². The zero-order valence-corrected chi connectivity index (χ0v) is 20.4. The predicted molar refractivity (Wildman–Crippen MR) is 121 cm³/mol. The summed E-state index contributed by atoms with van der Waals surface area (Å²) in [6, 6.07) is 5.58. The molecule has 0 aliphatic carbocycles. The average Bonchev–Trinajstić information content (AvgIpc) is 3.20. The maximum atomic E-state index is 13.7. The van der Waals surface area contributed by atoms with Gasteiger partial charge in [0.25, 0.3) is 0 Å². The second-order valence-corrected chi connectivity index (χ2v) is 9.62. The molecule has 4 rings (SSSR count). The minimum absolute atomic E-state index is 0.00292. The van der Waals surface area contributed by atoms with Gasteiger partial charge in [0.1, 0.15) is 5.82 Å². The molecule has 0 radical (unpaired) electrons. The molecule has 206 valence electrons. The summed E-state index contributed by atoms with van der Waals surface area (Å²) >= 11 is 0. The van der Waals surface area contributed by atoms with Gasteiger partial charge in [0.05, 0.1) is 35.4 Å². The standard InChI is InChI=1S/C26H25F7N2O3/c1-13(16-9-17(25(28,29)30)11-18(10-16)26(31,32)33)38-21-12-35-22(37)8-7-20(34-14(2)36)24(35)23(21)15-3-5-19(27)6-4-15/h3-6,9-11,13,20-21,23-24H,7-8,12H2,1-2H3,(H,34,36)/t13-,20?,21+,23-,24+/m1/s1. The van der Waals surface area contributed by atoms with Crippen molar-refractivity contribution >= 4 is 11.8 Å². The molecule has 2 aliphatic heterocycles. The van der Waals surface area contributed by atoms with Crippen molar-refractivity contribution in [2.75, 3.05) is 6.54 Å². The van der Waals surface area contributed by atoms with Crippen LogP contribution >= 0.6 is 0 Å². The Balaban J connectivity index is 1.72. The molecular weight excluding hydrogens is 521 g/mol. The van der Waals surface area contributed by atoms with Gasteiger partial charge in [-0.05, 0) is 54.8 Å². The fourth-order valence-electron chi connectivity index (χ4n) is 5.37. The zero-order chi connectivity index (χ0) is 28.0. The first kappa shape index (κ1) is 27.9. The number of nitrogens with zero attached hydrogens (tertiary/aromatic N) is 1. The SMILES string of the molecule is CC(=O)NC1CCC(=O)N2C[C@H](O[C@H](C)c3cc(C(F)(F)F)cc(C(F)(F)F)c3)[C@@H](c3ccc(F)cc3)[C@H]12. The lowest BCUT2D eigenvalue weighted by Gasteiger charge is -2.39. The summed E-state index contributed by atoms with van der Waals surface area (Å²) in [6.45, 7) is 2.66. The Labute approximate surface area is 213 Å². The van der Waals surface area contributed by atoms with Crippen molar-refractivity contribution in [2.24, 2.45) is 0 Å².